The van der Waals surface area contributed by atoms with E-state index in [4.69, 9.17) is 56.7 Å². The second-order valence-corrected chi connectivity index (χ2v) is 37.1. The number of primary amides is 3. The highest BCUT2D eigenvalue weighted by Gasteiger charge is 2.43. The number of aromatic hydroxyl groups is 2. The van der Waals surface area contributed by atoms with Crippen LogP contribution in [0.5, 0.6) is 11.5 Å². The average Bonchev–Trinajstić information content (AvgIpc) is 1.76. The number of hydrogen-bond acceptors (Lipinski definition) is 27. The number of unbranched alkanes of at least 4 members (excludes halogenated alkanes) is 3. The molecule has 2 fully saturated rings. The predicted molar refractivity (Wildman–Crippen MR) is 531 cm³/mol. The fourth-order valence-corrected chi connectivity index (χ4v) is 18.0. The number of hydrogen-bond donors (Lipinski definition) is 32. The van der Waals surface area contributed by atoms with Gasteiger partial charge < -0.3 is 167 Å². The third kappa shape index (κ3) is 43.0. The van der Waals surface area contributed by atoms with Gasteiger partial charge in [0.2, 0.25) is 82.7 Å². The molecule has 3 heterocycles. The highest BCUT2D eigenvalue weighted by atomic mass is 33.1. The van der Waals surface area contributed by atoms with Gasteiger partial charge >= 0.3 is 24.1 Å². The Morgan fingerprint density at radius 2 is 0.839 bits per heavy atom. The number of H-pyrrole nitrogens is 1. The van der Waals surface area contributed by atoms with E-state index in [1.165, 1.54) is 53.4 Å². The Labute approximate surface area is 834 Å². The van der Waals surface area contributed by atoms with Crippen molar-refractivity contribution in [3.63, 3.8) is 0 Å². The molecular weight excluding hydrogens is 1900 g/mol. The van der Waals surface area contributed by atoms with E-state index < -0.39 is 228 Å². The average molecular weight is 2040 g/mol. The fraction of sp³-hybridized carbons (Fsp3) is 0.556. The summed E-state index contributed by atoms with van der Waals surface area (Å²) in [6.07, 6.45) is 0.0388. The molecule has 53 heteroatoms. The van der Waals surface area contributed by atoms with Gasteiger partial charge in [0, 0.05) is 94.1 Å². The van der Waals surface area contributed by atoms with Crippen molar-refractivity contribution in [3.8, 4) is 11.5 Å². The maximum Gasteiger partial charge on any atom is 0.326 e. The number of rotatable bonds is 48. The van der Waals surface area contributed by atoms with E-state index >= 15 is 57.5 Å². The van der Waals surface area contributed by atoms with Gasteiger partial charge in [-0.1, -0.05) is 64.1 Å². The zero-order valence-corrected chi connectivity index (χ0v) is 81.5. The van der Waals surface area contributed by atoms with Crippen LogP contribution in [0, 0.1) is 10.8 Å². The Bertz CT molecular complexity index is 4950. The van der Waals surface area contributed by atoms with Crippen molar-refractivity contribution in [2.75, 3.05) is 70.4 Å². The van der Waals surface area contributed by atoms with Crippen LogP contribution in [0.2, 0.25) is 0 Å². The van der Waals surface area contributed by atoms with Crippen molar-refractivity contribution < 1.29 is 102 Å². The minimum Gasteiger partial charge on any atom is -0.508 e. The number of carbonyl (C=O) groups is 18. The molecule has 0 bridgehead atoms. The first kappa shape index (κ1) is 117. The van der Waals surface area contributed by atoms with Gasteiger partial charge in [-0.15, -0.1) is 0 Å². The summed E-state index contributed by atoms with van der Waals surface area (Å²) in [6.45, 7) is 0.904. The SMILES string of the molecule is CC(=O)N[C@@H](CCCNC(N)=O)C(=O)N[C@@H](CCCNC(=N)N)C(=O)N[C@@H](Cc1c[nH]c2ccccc12)C(=O)N[C@H]1CSSC[C@@H](C(=O)N[C@@H](CCCNC(=N)N)C(=O)O)NC(=O)[C@H](CCCCN)NC(=O)[C@H](CCCNC(N)=O)NC(=O)[C@H](Cc2ccc(O)cc2)NC(=O)[C@@H]2CCCN2C(=O)[C@@H](CCCCN)NC(=O)[C@H](CCCCN)NC(=O)[C@H](CCCNC(N)=O)NC(=O)[C@H](Cc2ccc(O)cc2)NC1=O. The summed E-state index contributed by atoms with van der Waals surface area (Å²) in [5, 5.41) is 94.7. The summed E-state index contributed by atoms with van der Waals surface area (Å²) in [5.41, 5.74) is 46.8. The molecule has 0 aliphatic carbocycles. The lowest BCUT2D eigenvalue weighted by Crippen LogP contribution is -2.61. The third-order valence-corrected chi connectivity index (χ3v) is 25.6. The van der Waals surface area contributed by atoms with Crippen LogP contribution in [0.25, 0.3) is 10.9 Å². The number of aromatic nitrogens is 1. The molecule has 2 aliphatic rings. The lowest BCUT2D eigenvalue weighted by molar-refractivity contribution is -0.142. The van der Waals surface area contributed by atoms with Crippen LogP contribution in [0.4, 0.5) is 14.4 Å². The van der Waals surface area contributed by atoms with Crippen molar-refractivity contribution >= 4 is 151 Å². The summed E-state index contributed by atoms with van der Waals surface area (Å²) in [4.78, 5) is 265. The first-order valence-electron chi connectivity index (χ1n) is 47.4. The minimum absolute atomic E-state index is 0.0103. The number of carboxylic acids is 1. The summed E-state index contributed by atoms with van der Waals surface area (Å²) in [5.74, 6) is -18.0. The second kappa shape index (κ2) is 62.8. The normalized spacial score (nSPS) is 20.3. The Balaban J connectivity index is 1.61. The fourth-order valence-electron chi connectivity index (χ4n) is 15.7. The molecule has 51 nitrogen and oxygen atoms in total. The number of nitrogens with zero attached hydrogens (tertiary/aromatic N) is 1. The van der Waals surface area contributed by atoms with E-state index in [1.807, 2.05) is 0 Å². The van der Waals surface area contributed by atoms with Crippen LogP contribution < -0.4 is 142 Å². The molecule has 0 spiro atoms. The number of nitrogens with one attached hydrogen (secondary N) is 21. The zero-order valence-electron chi connectivity index (χ0n) is 79.9. The van der Waals surface area contributed by atoms with E-state index in [-0.39, 0.29) is 204 Å². The van der Waals surface area contributed by atoms with Gasteiger partial charge in [0.25, 0.3) is 0 Å². The van der Waals surface area contributed by atoms with E-state index in [0.717, 1.165) is 28.5 Å². The predicted octanol–water partition coefficient (Wildman–Crippen LogP) is -5.34. The molecule has 0 radical (unpaired) electrons. The molecule has 3 aromatic carbocycles. The van der Waals surface area contributed by atoms with Gasteiger partial charge in [-0.3, -0.25) is 77.9 Å². The smallest absolute Gasteiger partial charge is 0.326 e. The highest BCUT2D eigenvalue weighted by Crippen LogP contribution is 2.27. The number of phenols is 2. The van der Waals surface area contributed by atoms with Gasteiger partial charge in [0.15, 0.2) is 11.9 Å². The molecular formula is C90H140N30O21S2. The van der Waals surface area contributed by atoms with E-state index in [0.29, 0.717) is 34.9 Å². The highest BCUT2D eigenvalue weighted by molar-refractivity contribution is 8.76. The number of amides is 20. The largest absolute Gasteiger partial charge is 0.508 e. The van der Waals surface area contributed by atoms with Crippen LogP contribution in [-0.4, -0.2) is 299 Å². The molecule has 0 saturated carbocycles. The topological polar surface area (TPSA) is 859 Å². The van der Waals surface area contributed by atoms with Crippen molar-refractivity contribution in [3.05, 3.63) is 95.7 Å². The maximum atomic E-state index is 16.0. The van der Waals surface area contributed by atoms with Crippen LogP contribution in [0.15, 0.2) is 79.0 Å². The number of aromatic amines is 1. The monoisotopic (exact) mass is 2040 g/mol. The molecule has 4 aromatic rings. The molecule has 788 valence electrons. The third-order valence-electron chi connectivity index (χ3n) is 23.2. The number of phenolic OH excluding ortho intramolecular Hbond substituents is 2. The molecule has 2 aliphatic heterocycles. The zero-order chi connectivity index (χ0) is 105. The van der Waals surface area contributed by atoms with Crippen LogP contribution in [0.1, 0.15) is 158 Å². The number of guanidine groups is 2. The summed E-state index contributed by atoms with van der Waals surface area (Å²) < 4.78 is 0. The molecule has 143 heavy (non-hydrogen) atoms. The Morgan fingerprint density at radius 1 is 0.441 bits per heavy atom. The van der Waals surface area contributed by atoms with Crippen molar-refractivity contribution in [2.24, 2.45) is 45.9 Å². The van der Waals surface area contributed by atoms with Crippen LogP contribution in [-0.2, 0) is 91.2 Å². The number of nitrogens with two attached hydrogens (primary N) is 8. The summed E-state index contributed by atoms with van der Waals surface area (Å²) >= 11 is 0. The number of para-hydroxylation sites is 1. The quantitative estimate of drug-likeness (QED) is 0.00850. The Hall–Kier alpha value is -14.2. The number of urea groups is 3. The molecule has 1 aromatic heterocycles. The van der Waals surface area contributed by atoms with E-state index in [9.17, 15) is 44.1 Å². The first-order valence-corrected chi connectivity index (χ1v) is 49.9. The van der Waals surface area contributed by atoms with Crippen LogP contribution in [0.3, 0.4) is 0 Å². The molecule has 20 amide bonds. The number of carbonyl (C=O) groups excluding carboxylic acids is 17. The van der Waals surface area contributed by atoms with Gasteiger partial charge in [0.05, 0.1) is 0 Å². The maximum absolute atomic E-state index is 16.0. The standard InChI is InChI=1S/C90H140N30O21S2/c1-50(121)107-58(21-11-40-103-88(98)139)72(124)110-63(22-10-38-101-86(94)95)76(128)116-68(46-53-47-106-57-17-3-2-16-56(53)57)80(132)119-70-49-143-142-48-69(81(133)114-65(85(137)138)25-14-39-102-87(96)97)118-77(129)60(19-5-8-36-92)109-74(126)62(24-13-42-105-90(100)141)112-79(131)67(45-52-29-33-55(123)34-30-52)117-83(135)71-26-15-43-120(71)84(136)64(20-6-9-37-93)113-75(127)59(18-4-7-35-91)108-73(125)61(23-12-41-104-89(99)140)111-78(130)66(115-82(70)134)44-51-27-31-54(122)32-28-51/h2-3,16-17,27-34,47,58-71,106,122-123H,4-15,18-26,35-46,48-49,91-93H2,1H3,(H,107,121)(H,108,125)(H,109,126)(H,110,124)(H,111,130)(H,112,131)(H,113,127)(H,114,133)(H,115,134)(H,116,128)(H,117,135)(H,118,129)(H,119,132)(H,137,138)(H4,94,95,101)(H4,96,97,102)(H3,98,103,139)(H3,99,104,140)(H3,100,105,141)/t58-,59-,60-,61-,62-,63-,64+,65-,66-,67-,68-,69-,70-,71-/m0/s1. The Morgan fingerprint density at radius 3 is 1.30 bits per heavy atom. The molecule has 2 saturated heterocycles. The molecule has 6 rings (SSSR count). The van der Waals surface area contributed by atoms with Gasteiger partial charge in [0.1, 0.15) is 96.1 Å². The van der Waals surface area contributed by atoms with Crippen molar-refractivity contribution in [1.29, 1.82) is 10.8 Å². The number of carboxylic acid groups (broad SMARTS) is 1. The van der Waals surface area contributed by atoms with Crippen molar-refractivity contribution in [2.45, 2.75) is 246 Å². The molecule has 0 unspecified atom stereocenters. The van der Waals surface area contributed by atoms with Crippen LogP contribution >= 0.6 is 21.6 Å². The van der Waals surface area contributed by atoms with E-state index in [1.54, 1.807) is 30.5 Å². The summed E-state index contributed by atoms with van der Waals surface area (Å²) in [6, 6.07) is -8.06. The van der Waals surface area contributed by atoms with E-state index in [2.05, 4.69) is 101 Å². The van der Waals surface area contributed by atoms with Gasteiger partial charge in [-0.2, -0.15) is 0 Å². The van der Waals surface area contributed by atoms with Crippen molar-refractivity contribution in [1.82, 2.24) is 106 Å². The number of aliphatic carboxylic acids is 1. The summed E-state index contributed by atoms with van der Waals surface area (Å²) in [7, 11) is 1.47. The lowest BCUT2D eigenvalue weighted by Gasteiger charge is -2.31. The number of benzene rings is 3. The molecule has 40 N–H and O–H groups in total. The minimum atomic E-state index is -1.93. The van der Waals surface area contributed by atoms with Gasteiger partial charge in [-0.05, 0) is 201 Å². The molecule has 14 atom stereocenters. The van der Waals surface area contributed by atoms with Gasteiger partial charge in [-0.25, -0.2) is 19.2 Å². The first-order chi connectivity index (χ1) is 68.3. The second-order valence-electron chi connectivity index (χ2n) is 34.5. The number of fused-ring (bicyclic) bond motifs is 2. The lowest BCUT2D eigenvalue weighted by atomic mass is 10.0. The Kier molecular flexibility index (Phi) is 51.6.